The van der Waals surface area contributed by atoms with Crippen molar-refractivity contribution in [1.29, 1.82) is 0 Å². The lowest BCUT2D eigenvalue weighted by atomic mass is 10.1. The Morgan fingerprint density at radius 3 is 2.71 bits per heavy atom. The van der Waals surface area contributed by atoms with Crippen molar-refractivity contribution >= 4 is 15.7 Å². The minimum atomic E-state index is -2.96. The number of nitrogens with zero attached hydrogens (tertiary/aromatic N) is 2. The van der Waals surface area contributed by atoms with Crippen LogP contribution in [0.5, 0.6) is 0 Å². The molecule has 7 heteroatoms. The van der Waals surface area contributed by atoms with E-state index >= 15 is 0 Å². The Kier molecular flexibility index (Phi) is 5.62. The van der Waals surface area contributed by atoms with E-state index in [-0.39, 0.29) is 30.1 Å². The van der Waals surface area contributed by atoms with Gasteiger partial charge in [0.2, 0.25) is 5.91 Å². The number of hydrogen-bond donors (Lipinski definition) is 1. The molecule has 2 saturated heterocycles. The lowest BCUT2D eigenvalue weighted by Crippen LogP contribution is -2.45. The van der Waals surface area contributed by atoms with Gasteiger partial charge in [-0.1, -0.05) is 0 Å². The Labute approximate surface area is 127 Å². The molecule has 1 N–H and O–H groups in total. The maximum Gasteiger partial charge on any atom is 0.237 e. The number of carbonyl (C=O) groups is 1. The molecule has 0 aromatic heterocycles. The van der Waals surface area contributed by atoms with E-state index in [0.29, 0.717) is 25.4 Å². The van der Waals surface area contributed by atoms with Gasteiger partial charge >= 0.3 is 0 Å². The molecule has 2 unspecified atom stereocenters. The van der Waals surface area contributed by atoms with Gasteiger partial charge in [0.15, 0.2) is 9.84 Å². The highest BCUT2D eigenvalue weighted by Crippen LogP contribution is 2.21. The Morgan fingerprint density at radius 2 is 2.14 bits per heavy atom. The molecule has 0 saturated carbocycles. The maximum absolute atomic E-state index is 12.4. The fourth-order valence-corrected chi connectivity index (χ4v) is 5.15. The van der Waals surface area contributed by atoms with Crippen molar-refractivity contribution in [2.24, 2.45) is 5.92 Å². The largest absolute Gasteiger partial charge is 0.396 e. The van der Waals surface area contributed by atoms with Gasteiger partial charge in [-0.25, -0.2) is 8.42 Å². The fraction of sp³-hybridized carbons (Fsp3) is 0.929. The molecular formula is C14H26N2O4S. The highest BCUT2D eigenvalue weighted by molar-refractivity contribution is 7.91. The van der Waals surface area contributed by atoms with Gasteiger partial charge in [-0.3, -0.25) is 9.69 Å². The van der Waals surface area contributed by atoms with Gasteiger partial charge in [0.1, 0.15) is 0 Å². The SMILES string of the molecule is CCN(C(=O)CN1CCC(CCO)C1)C1CCS(=O)(=O)C1. The van der Waals surface area contributed by atoms with Crippen LogP contribution in [0.3, 0.4) is 0 Å². The van der Waals surface area contributed by atoms with Crippen molar-refractivity contribution in [1.82, 2.24) is 9.80 Å². The number of likely N-dealkylation sites (tertiary alicyclic amines) is 1. The van der Waals surface area contributed by atoms with Crippen LogP contribution in [0.1, 0.15) is 26.2 Å². The van der Waals surface area contributed by atoms with Crippen molar-refractivity contribution in [2.75, 3.05) is 44.3 Å². The predicted octanol–water partition coefficient (Wildman–Crippen LogP) is -0.274. The van der Waals surface area contributed by atoms with E-state index in [0.717, 1.165) is 25.9 Å². The monoisotopic (exact) mass is 318 g/mol. The third-order valence-electron chi connectivity index (χ3n) is 4.58. The molecule has 2 heterocycles. The molecule has 2 aliphatic heterocycles. The van der Waals surface area contributed by atoms with Gasteiger partial charge in [-0.15, -0.1) is 0 Å². The Balaban J connectivity index is 1.87. The minimum absolute atomic E-state index is 0.0317. The predicted molar refractivity (Wildman–Crippen MR) is 80.7 cm³/mol. The first-order valence-electron chi connectivity index (χ1n) is 7.78. The summed E-state index contributed by atoms with van der Waals surface area (Å²) in [4.78, 5) is 16.3. The van der Waals surface area contributed by atoms with Crippen LogP contribution in [0.4, 0.5) is 0 Å². The number of aliphatic hydroxyl groups is 1. The molecule has 0 aromatic rings. The number of rotatable bonds is 6. The first-order valence-corrected chi connectivity index (χ1v) is 9.60. The van der Waals surface area contributed by atoms with Crippen LogP contribution in [-0.4, -0.2) is 79.6 Å². The molecule has 2 fully saturated rings. The summed E-state index contributed by atoms with van der Waals surface area (Å²) in [5.41, 5.74) is 0. The highest BCUT2D eigenvalue weighted by atomic mass is 32.2. The number of likely N-dealkylation sites (N-methyl/N-ethyl adjacent to an activating group) is 1. The zero-order valence-corrected chi connectivity index (χ0v) is 13.5. The summed E-state index contributed by atoms with van der Waals surface area (Å²) < 4.78 is 23.1. The second-order valence-corrected chi connectivity index (χ2v) is 8.37. The molecular weight excluding hydrogens is 292 g/mol. The summed E-state index contributed by atoms with van der Waals surface area (Å²) in [5.74, 6) is 0.817. The van der Waals surface area contributed by atoms with Crippen molar-refractivity contribution in [2.45, 2.75) is 32.2 Å². The van der Waals surface area contributed by atoms with Crippen LogP contribution < -0.4 is 0 Å². The number of hydrogen-bond acceptors (Lipinski definition) is 5. The zero-order chi connectivity index (χ0) is 15.5. The lowest BCUT2D eigenvalue weighted by molar-refractivity contribution is -0.133. The molecule has 0 aliphatic carbocycles. The van der Waals surface area contributed by atoms with Crippen LogP contribution >= 0.6 is 0 Å². The van der Waals surface area contributed by atoms with Crippen LogP contribution in [0.25, 0.3) is 0 Å². The van der Waals surface area contributed by atoms with Crippen molar-refractivity contribution in [3.05, 3.63) is 0 Å². The molecule has 2 rings (SSSR count). The third-order valence-corrected chi connectivity index (χ3v) is 6.33. The number of amides is 1. The number of carbonyl (C=O) groups excluding carboxylic acids is 1. The molecule has 21 heavy (non-hydrogen) atoms. The molecule has 0 aromatic carbocycles. The van der Waals surface area contributed by atoms with E-state index in [2.05, 4.69) is 4.90 Å². The summed E-state index contributed by atoms with van der Waals surface area (Å²) >= 11 is 0. The maximum atomic E-state index is 12.4. The lowest BCUT2D eigenvalue weighted by Gasteiger charge is -2.29. The molecule has 2 atom stereocenters. The van der Waals surface area contributed by atoms with Gasteiger partial charge in [0.25, 0.3) is 0 Å². The molecule has 122 valence electrons. The van der Waals surface area contributed by atoms with E-state index in [9.17, 15) is 13.2 Å². The van der Waals surface area contributed by atoms with Gasteiger partial charge in [0.05, 0.1) is 18.1 Å². The van der Waals surface area contributed by atoms with Gasteiger partial charge < -0.3 is 10.0 Å². The molecule has 6 nitrogen and oxygen atoms in total. The molecule has 1 amide bonds. The minimum Gasteiger partial charge on any atom is -0.396 e. The average Bonchev–Trinajstić information content (AvgIpc) is 2.98. The van der Waals surface area contributed by atoms with Crippen LogP contribution in [0.2, 0.25) is 0 Å². The molecule has 0 bridgehead atoms. The van der Waals surface area contributed by atoms with E-state index in [1.165, 1.54) is 0 Å². The van der Waals surface area contributed by atoms with Crippen LogP contribution in [-0.2, 0) is 14.6 Å². The molecule has 2 aliphatic rings. The average molecular weight is 318 g/mol. The van der Waals surface area contributed by atoms with Gasteiger partial charge in [-0.05, 0) is 38.6 Å². The Morgan fingerprint density at radius 1 is 1.38 bits per heavy atom. The van der Waals surface area contributed by atoms with Gasteiger partial charge in [-0.2, -0.15) is 0 Å². The summed E-state index contributed by atoms with van der Waals surface area (Å²) in [6.07, 6.45) is 2.38. The summed E-state index contributed by atoms with van der Waals surface area (Å²) in [6, 6.07) is -0.150. The first kappa shape index (κ1) is 16.7. The number of sulfone groups is 1. The topological polar surface area (TPSA) is 77.9 Å². The second-order valence-electron chi connectivity index (χ2n) is 6.14. The fourth-order valence-electron chi connectivity index (χ4n) is 3.42. The standard InChI is InChI=1S/C14H26N2O4S/c1-2-16(13-5-8-21(19,20)11-13)14(18)10-15-6-3-12(9-15)4-7-17/h12-13,17H,2-11H2,1H3. The van der Waals surface area contributed by atoms with Crippen molar-refractivity contribution < 1.29 is 18.3 Å². The Hall–Kier alpha value is -0.660. The Bertz CT molecular complexity index is 466. The third kappa shape index (κ3) is 4.40. The smallest absolute Gasteiger partial charge is 0.237 e. The van der Waals surface area contributed by atoms with E-state index in [1.54, 1.807) is 4.90 Å². The van der Waals surface area contributed by atoms with Crippen molar-refractivity contribution in [3.8, 4) is 0 Å². The van der Waals surface area contributed by atoms with E-state index in [4.69, 9.17) is 5.11 Å². The highest BCUT2D eigenvalue weighted by Gasteiger charge is 2.34. The normalized spacial score (nSPS) is 28.9. The molecule has 0 radical (unpaired) electrons. The quantitative estimate of drug-likeness (QED) is 0.729. The van der Waals surface area contributed by atoms with Crippen LogP contribution in [0.15, 0.2) is 0 Å². The number of aliphatic hydroxyl groups excluding tert-OH is 1. The van der Waals surface area contributed by atoms with Crippen molar-refractivity contribution in [3.63, 3.8) is 0 Å². The summed E-state index contributed by atoms with van der Waals surface area (Å²) in [7, 11) is -2.96. The zero-order valence-electron chi connectivity index (χ0n) is 12.7. The second kappa shape index (κ2) is 7.07. The summed E-state index contributed by atoms with van der Waals surface area (Å²) in [6.45, 7) is 4.78. The summed E-state index contributed by atoms with van der Waals surface area (Å²) in [5, 5.41) is 8.96. The van der Waals surface area contributed by atoms with Gasteiger partial charge in [0, 0.05) is 25.7 Å². The molecule has 0 spiro atoms. The van der Waals surface area contributed by atoms with E-state index < -0.39 is 9.84 Å². The van der Waals surface area contributed by atoms with E-state index in [1.807, 2.05) is 6.92 Å². The van der Waals surface area contributed by atoms with Crippen LogP contribution in [0, 0.1) is 5.92 Å². The first-order chi connectivity index (χ1) is 9.95.